The van der Waals surface area contributed by atoms with Gasteiger partial charge in [-0.1, -0.05) is 23.2 Å². The Kier molecular flexibility index (Phi) is 8.42. The molecule has 2 aromatic carbocycles. The molecular weight excluding hydrogens is 419 g/mol. The van der Waals surface area contributed by atoms with Crippen molar-refractivity contribution in [1.29, 1.82) is 0 Å². The molecule has 0 atom stereocenters. The number of halogens is 2. The third kappa shape index (κ3) is 6.17. The van der Waals surface area contributed by atoms with E-state index in [9.17, 15) is 9.59 Å². The monoisotopic (exact) mass is 440 g/mol. The van der Waals surface area contributed by atoms with Crippen LogP contribution in [0.5, 0.6) is 17.2 Å². The SMILES string of the molecule is CCOc1cc(C(=O)NNC(=O)c2cc(Cl)cc(Cl)c2)cc(OCC)c1OCC. The Hall–Kier alpha value is -2.64. The molecule has 0 saturated heterocycles. The van der Waals surface area contributed by atoms with Crippen molar-refractivity contribution in [2.75, 3.05) is 19.8 Å². The van der Waals surface area contributed by atoms with E-state index in [-0.39, 0.29) is 11.1 Å². The first-order valence-electron chi connectivity index (χ1n) is 9.02. The summed E-state index contributed by atoms with van der Waals surface area (Å²) in [5.74, 6) is 0.0438. The Morgan fingerprint density at radius 2 is 1.14 bits per heavy atom. The van der Waals surface area contributed by atoms with Crippen LogP contribution in [0.25, 0.3) is 0 Å². The van der Waals surface area contributed by atoms with Crippen molar-refractivity contribution in [1.82, 2.24) is 10.9 Å². The summed E-state index contributed by atoms with van der Waals surface area (Å²) in [6.07, 6.45) is 0. The number of rotatable bonds is 8. The molecule has 0 aliphatic carbocycles. The highest BCUT2D eigenvalue weighted by atomic mass is 35.5. The standard InChI is InChI=1S/C20H22Cl2N2O5/c1-4-27-16-9-13(10-17(28-5-2)18(16)29-6-3)20(26)24-23-19(25)12-7-14(21)11-15(22)8-12/h7-11H,4-6H2,1-3H3,(H,23,25)(H,24,26). The van der Waals surface area contributed by atoms with E-state index < -0.39 is 11.8 Å². The molecule has 0 spiro atoms. The molecule has 2 N–H and O–H groups in total. The number of carbonyl (C=O) groups excluding carboxylic acids is 2. The van der Waals surface area contributed by atoms with Gasteiger partial charge in [-0.15, -0.1) is 0 Å². The fraction of sp³-hybridized carbons (Fsp3) is 0.300. The Labute approximate surface area is 179 Å². The molecule has 0 saturated carbocycles. The van der Waals surface area contributed by atoms with Crippen LogP contribution in [-0.4, -0.2) is 31.6 Å². The number of ether oxygens (including phenoxy) is 3. The van der Waals surface area contributed by atoms with Gasteiger partial charge in [-0.2, -0.15) is 0 Å². The highest BCUT2D eigenvalue weighted by Gasteiger charge is 2.19. The minimum absolute atomic E-state index is 0.208. The van der Waals surface area contributed by atoms with Gasteiger partial charge < -0.3 is 14.2 Å². The number of nitrogens with one attached hydrogen (secondary N) is 2. The molecule has 0 heterocycles. The van der Waals surface area contributed by atoms with Crippen molar-refractivity contribution in [2.24, 2.45) is 0 Å². The quantitative estimate of drug-likeness (QED) is 0.598. The van der Waals surface area contributed by atoms with E-state index in [1.165, 1.54) is 30.3 Å². The Balaban J connectivity index is 2.21. The fourth-order valence-corrected chi connectivity index (χ4v) is 2.99. The van der Waals surface area contributed by atoms with Crippen LogP contribution in [0.2, 0.25) is 10.0 Å². The first kappa shape index (κ1) is 22.6. The van der Waals surface area contributed by atoms with E-state index in [0.29, 0.717) is 47.1 Å². The second-order valence-electron chi connectivity index (χ2n) is 5.67. The van der Waals surface area contributed by atoms with Crippen molar-refractivity contribution in [2.45, 2.75) is 20.8 Å². The summed E-state index contributed by atoms with van der Waals surface area (Å²) in [6.45, 7) is 6.64. The molecule has 9 heteroatoms. The van der Waals surface area contributed by atoms with E-state index in [1.54, 1.807) is 0 Å². The molecule has 0 fully saturated rings. The summed E-state index contributed by atoms with van der Waals surface area (Å²) in [6, 6.07) is 7.42. The molecular formula is C20H22Cl2N2O5. The normalized spacial score (nSPS) is 10.2. The van der Waals surface area contributed by atoms with Gasteiger partial charge in [0, 0.05) is 21.2 Å². The zero-order valence-electron chi connectivity index (χ0n) is 16.3. The average Bonchev–Trinajstić information content (AvgIpc) is 2.67. The van der Waals surface area contributed by atoms with Crippen molar-refractivity contribution in [3.05, 3.63) is 51.5 Å². The van der Waals surface area contributed by atoms with Crippen molar-refractivity contribution >= 4 is 35.0 Å². The van der Waals surface area contributed by atoms with Gasteiger partial charge in [0.2, 0.25) is 5.75 Å². The van der Waals surface area contributed by atoms with Gasteiger partial charge >= 0.3 is 0 Å². The molecule has 156 valence electrons. The number of hydrogen-bond acceptors (Lipinski definition) is 5. The van der Waals surface area contributed by atoms with E-state index in [1.807, 2.05) is 20.8 Å². The maximum atomic E-state index is 12.6. The molecule has 29 heavy (non-hydrogen) atoms. The van der Waals surface area contributed by atoms with Crippen molar-refractivity contribution < 1.29 is 23.8 Å². The molecule has 0 aliphatic rings. The van der Waals surface area contributed by atoms with Crippen molar-refractivity contribution in [3.8, 4) is 17.2 Å². The Bertz CT molecular complexity index is 842. The Morgan fingerprint density at radius 1 is 0.724 bits per heavy atom. The summed E-state index contributed by atoms with van der Waals surface area (Å²) in [5, 5.41) is 0.617. The largest absolute Gasteiger partial charge is 0.490 e. The van der Waals surface area contributed by atoms with Gasteiger partial charge in [-0.3, -0.25) is 20.4 Å². The van der Waals surface area contributed by atoms with E-state index in [4.69, 9.17) is 37.4 Å². The molecule has 7 nitrogen and oxygen atoms in total. The number of hydrogen-bond donors (Lipinski definition) is 2. The average molecular weight is 441 g/mol. The van der Waals surface area contributed by atoms with E-state index in [2.05, 4.69) is 10.9 Å². The highest BCUT2D eigenvalue weighted by molar-refractivity contribution is 6.35. The summed E-state index contributed by atoms with van der Waals surface area (Å²) in [4.78, 5) is 24.8. The van der Waals surface area contributed by atoms with Crippen molar-refractivity contribution in [3.63, 3.8) is 0 Å². The molecule has 0 aromatic heterocycles. The number of amides is 2. The maximum Gasteiger partial charge on any atom is 0.269 e. The lowest BCUT2D eigenvalue weighted by molar-refractivity contribution is 0.0846. The smallest absolute Gasteiger partial charge is 0.269 e. The van der Waals surface area contributed by atoms with Gasteiger partial charge in [0.1, 0.15) is 0 Å². The second-order valence-corrected chi connectivity index (χ2v) is 6.54. The third-order valence-electron chi connectivity index (χ3n) is 3.59. The van der Waals surface area contributed by atoms with Gasteiger partial charge in [-0.25, -0.2) is 0 Å². The van der Waals surface area contributed by atoms with Crippen LogP contribution in [0.15, 0.2) is 30.3 Å². The minimum atomic E-state index is -0.566. The number of carbonyl (C=O) groups is 2. The number of benzene rings is 2. The first-order chi connectivity index (χ1) is 13.9. The lowest BCUT2D eigenvalue weighted by Gasteiger charge is -2.17. The van der Waals surface area contributed by atoms with Crippen LogP contribution in [0.3, 0.4) is 0 Å². The van der Waals surface area contributed by atoms with Crippen LogP contribution in [0.4, 0.5) is 0 Å². The molecule has 0 aliphatic heterocycles. The third-order valence-corrected chi connectivity index (χ3v) is 4.02. The number of hydrazine groups is 1. The minimum Gasteiger partial charge on any atom is -0.490 e. The summed E-state index contributed by atoms with van der Waals surface area (Å²) in [7, 11) is 0. The lowest BCUT2D eigenvalue weighted by atomic mass is 10.1. The predicted molar refractivity (Wildman–Crippen MR) is 111 cm³/mol. The summed E-state index contributed by atoms with van der Waals surface area (Å²) in [5.41, 5.74) is 5.11. The molecule has 0 bridgehead atoms. The molecule has 0 radical (unpaired) electrons. The zero-order valence-corrected chi connectivity index (χ0v) is 17.8. The molecule has 2 rings (SSSR count). The summed E-state index contributed by atoms with van der Waals surface area (Å²) < 4.78 is 16.8. The first-order valence-corrected chi connectivity index (χ1v) is 9.78. The molecule has 2 aromatic rings. The highest BCUT2D eigenvalue weighted by Crippen LogP contribution is 2.39. The van der Waals surface area contributed by atoms with Gasteiger partial charge in [-0.05, 0) is 51.1 Å². The maximum absolute atomic E-state index is 12.6. The van der Waals surface area contributed by atoms with Crippen LogP contribution < -0.4 is 25.1 Å². The van der Waals surface area contributed by atoms with Gasteiger partial charge in [0.25, 0.3) is 11.8 Å². The van der Waals surface area contributed by atoms with Crippen LogP contribution in [-0.2, 0) is 0 Å². The topological polar surface area (TPSA) is 85.9 Å². The van der Waals surface area contributed by atoms with E-state index >= 15 is 0 Å². The molecule has 0 unspecified atom stereocenters. The van der Waals surface area contributed by atoms with Crippen LogP contribution in [0.1, 0.15) is 41.5 Å². The zero-order chi connectivity index (χ0) is 21.4. The van der Waals surface area contributed by atoms with Crippen LogP contribution in [0, 0.1) is 0 Å². The second kappa shape index (κ2) is 10.8. The summed E-state index contributed by atoms with van der Waals surface area (Å²) >= 11 is 11.8. The van der Waals surface area contributed by atoms with E-state index in [0.717, 1.165) is 0 Å². The van der Waals surface area contributed by atoms with Gasteiger partial charge in [0.15, 0.2) is 11.5 Å². The van der Waals surface area contributed by atoms with Gasteiger partial charge in [0.05, 0.1) is 19.8 Å². The predicted octanol–water partition coefficient (Wildman–Crippen LogP) is 4.26. The Morgan fingerprint density at radius 3 is 1.55 bits per heavy atom. The fourth-order valence-electron chi connectivity index (χ4n) is 2.46. The lowest BCUT2D eigenvalue weighted by Crippen LogP contribution is -2.41. The molecule has 2 amide bonds. The van der Waals surface area contributed by atoms with Crippen LogP contribution >= 0.6 is 23.2 Å².